The smallest absolute Gasteiger partial charge is 0.311 e. The number of rotatable bonds is 2. The molecule has 0 aliphatic heterocycles. The molecule has 0 fully saturated rings. The lowest BCUT2D eigenvalue weighted by atomic mass is 10.3. The molecule has 0 bridgehead atoms. The van der Waals surface area contributed by atoms with E-state index >= 15 is 0 Å². The molecule has 1 heterocycles. The van der Waals surface area contributed by atoms with Crippen LogP contribution in [0.2, 0.25) is 0 Å². The van der Waals surface area contributed by atoms with Gasteiger partial charge in [-0.3, -0.25) is 15.1 Å². The predicted molar refractivity (Wildman–Crippen MR) is 48.1 cm³/mol. The number of nitrogens with zero attached hydrogens (tertiary/aromatic N) is 2. The van der Waals surface area contributed by atoms with Crippen LogP contribution in [0.3, 0.4) is 0 Å². The van der Waals surface area contributed by atoms with Crippen LogP contribution in [-0.2, 0) is 0 Å². The quantitative estimate of drug-likeness (QED) is 0.623. The van der Waals surface area contributed by atoms with Gasteiger partial charge in [0.05, 0.1) is 9.40 Å². The Hall–Kier alpha value is -1.17. The highest BCUT2D eigenvalue weighted by molar-refractivity contribution is 9.10. The van der Waals surface area contributed by atoms with Crippen molar-refractivity contribution in [1.82, 2.24) is 4.98 Å². The van der Waals surface area contributed by atoms with E-state index < -0.39 is 4.92 Å². The average molecular weight is 232 g/mol. The zero-order chi connectivity index (χ0) is 9.14. The first-order chi connectivity index (χ1) is 5.66. The van der Waals surface area contributed by atoms with Crippen LogP contribution in [0.15, 0.2) is 16.9 Å². The van der Waals surface area contributed by atoms with Crippen LogP contribution in [0.5, 0.6) is 0 Å². The first-order valence-electron chi connectivity index (χ1n) is 3.12. The molecule has 0 amide bonds. The number of anilines is 1. The molecule has 0 saturated carbocycles. The van der Waals surface area contributed by atoms with E-state index in [1.807, 2.05) is 0 Å². The zero-order valence-electron chi connectivity index (χ0n) is 6.24. The summed E-state index contributed by atoms with van der Waals surface area (Å²) in [6, 6.07) is 0. The summed E-state index contributed by atoms with van der Waals surface area (Å²) < 4.78 is 0.583. The van der Waals surface area contributed by atoms with Gasteiger partial charge in [-0.25, -0.2) is 0 Å². The van der Waals surface area contributed by atoms with E-state index in [-0.39, 0.29) is 5.69 Å². The van der Waals surface area contributed by atoms with Crippen LogP contribution in [0.1, 0.15) is 0 Å². The van der Waals surface area contributed by atoms with E-state index in [1.165, 1.54) is 12.4 Å². The number of nitrogens with one attached hydrogen (secondary N) is 1. The lowest BCUT2D eigenvalue weighted by Crippen LogP contribution is -1.97. The Bertz CT molecular complexity index is 316. The summed E-state index contributed by atoms with van der Waals surface area (Å²) >= 11 is 3.15. The number of aromatic nitrogens is 1. The van der Waals surface area contributed by atoms with Crippen molar-refractivity contribution in [2.75, 3.05) is 12.4 Å². The van der Waals surface area contributed by atoms with Crippen molar-refractivity contribution in [1.29, 1.82) is 0 Å². The minimum absolute atomic E-state index is 0.0353. The van der Waals surface area contributed by atoms with Gasteiger partial charge in [0.15, 0.2) is 0 Å². The van der Waals surface area contributed by atoms with Crippen LogP contribution in [0.4, 0.5) is 11.4 Å². The summed E-state index contributed by atoms with van der Waals surface area (Å²) in [5.74, 6) is 0. The predicted octanol–water partition coefficient (Wildman–Crippen LogP) is 1.79. The highest BCUT2D eigenvalue weighted by atomic mass is 79.9. The maximum absolute atomic E-state index is 10.4. The molecule has 64 valence electrons. The SMILES string of the molecule is CNc1c(Br)cncc1[N+](=O)[O-]. The second kappa shape index (κ2) is 3.48. The monoisotopic (exact) mass is 231 g/mol. The number of pyridine rings is 1. The zero-order valence-corrected chi connectivity index (χ0v) is 7.83. The molecular weight excluding hydrogens is 226 g/mol. The summed E-state index contributed by atoms with van der Waals surface area (Å²) in [7, 11) is 1.62. The summed E-state index contributed by atoms with van der Waals surface area (Å²) in [5, 5.41) is 13.2. The third kappa shape index (κ3) is 1.53. The van der Waals surface area contributed by atoms with Gasteiger partial charge in [0, 0.05) is 13.2 Å². The fourth-order valence-electron chi connectivity index (χ4n) is 0.811. The van der Waals surface area contributed by atoms with Gasteiger partial charge in [-0.2, -0.15) is 0 Å². The molecule has 0 saturated heterocycles. The molecule has 5 nitrogen and oxygen atoms in total. The molecule has 6 heteroatoms. The van der Waals surface area contributed by atoms with Gasteiger partial charge >= 0.3 is 5.69 Å². The standard InChI is InChI=1S/C6H6BrN3O2/c1-8-6-4(7)2-9-3-5(6)10(11)12/h2-3H,1H3,(H,8,9). The molecule has 0 atom stereocenters. The summed E-state index contributed by atoms with van der Waals surface area (Å²) in [6.07, 6.45) is 2.70. The van der Waals surface area contributed by atoms with E-state index in [0.717, 1.165) is 0 Å². The van der Waals surface area contributed by atoms with Crippen LogP contribution in [-0.4, -0.2) is 17.0 Å². The van der Waals surface area contributed by atoms with Gasteiger partial charge in [0.25, 0.3) is 0 Å². The van der Waals surface area contributed by atoms with Crippen LogP contribution in [0.25, 0.3) is 0 Å². The van der Waals surface area contributed by atoms with Gasteiger partial charge in [0.2, 0.25) is 0 Å². The fraction of sp³-hybridized carbons (Fsp3) is 0.167. The molecule has 1 N–H and O–H groups in total. The van der Waals surface area contributed by atoms with Gasteiger partial charge in [-0.05, 0) is 15.9 Å². The minimum Gasteiger partial charge on any atom is -0.382 e. The maximum Gasteiger partial charge on any atom is 0.311 e. The second-order valence-corrected chi connectivity index (χ2v) is 2.88. The van der Waals surface area contributed by atoms with Gasteiger partial charge in [-0.1, -0.05) is 0 Å². The maximum atomic E-state index is 10.4. The van der Waals surface area contributed by atoms with E-state index in [0.29, 0.717) is 10.2 Å². The van der Waals surface area contributed by atoms with Crippen molar-refractivity contribution >= 4 is 27.3 Å². The van der Waals surface area contributed by atoms with E-state index in [1.54, 1.807) is 7.05 Å². The summed E-state index contributed by atoms with van der Waals surface area (Å²) in [5.41, 5.74) is 0.405. The van der Waals surface area contributed by atoms with Crippen molar-refractivity contribution in [2.45, 2.75) is 0 Å². The Labute approximate surface area is 77.1 Å². The highest BCUT2D eigenvalue weighted by Gasteiger charge is 2.15. The van der Waals surface area contributed by atoms with Gasteiger partial charge in [-0.15, -0.1) is 0 Å². The minimum atomic E-state index is -0.483. The Morgan fingerprint density at radius 1 is 1.67 bits per heavy atom. The Kier molecular flexibility index (Phi) is 2.59. The number of hydrogen-bond donors (Lipinski definition) is 1. The molecular formula is C6H6BrN3O2. The van der Waals surface area contributed by atoms with Crippen molar-refractivity contribution in [3.8, 4) is 0 Å². The normalized spacial score (nSPS) is 9.50. The van der Waals surface area contributed by atoms with E-state index in [2.05, 4.69) is 26.2 Å². The van der Waals surface area contributed by atoms with Crippen molar-refractivity contribution in [3.63, 3.8) is 0 Å². The lowest BCUT2D eigenvalue weighted by molar-refractivity contribution is -0.384. The molecule has 0 unspecified atom stereocenters. The summed E-state index contributed by atoms with van der Waals surface area (Å²) in [6.45, 7) is 0. The molecule has 1 rings (SSSR count). The van der Waals surface area contributed by atoms with Crippen LogP contribution >= 0.6 is 15.9 Å². The third-order valence-electron chi connectivity index (χ3n) is 1.33. The van der Waals surface area contributed by atoms with Gasteiger partial charge in [0.1, 0.15) is 11.9 Å². The molecule has 1 aromatic rings. The molecule has 12 heavy (non-hydrogen) atoms. The van der Waals surface area contributed by atoms with E-state index in [9.17, 15) is 10.1 Å². The molecule has 0 radical (unpaired) electrons. The molecule has 1 aromatic heterocycles. The first-order valence-corrected chi connectivity index (χ1v) is 3.91. The Morgan fingerprint density at radius 2 is 2.33 bits per heavy atom. The Morgan fingerprint density at radius 3 is 2.75 bits per heavy atom. The largest absolute Gasteiger partial charge is 0.382 e. The number of nitro groups is 1. The topological polar surface area (TPSA) is 68.1 Å². The molecule has 0 aromatic carbocycles. The summed E-state index contributed by atoms with van der Waals surface area (Å²) in [4.78, 5) is 13.6. The van der Waals surface area contributed by atoms with Crippen molar-refractivity contribution in [3.05, 3.63) is 27.0 Å². The van der Waals surface area contributed by atoms with Crippen molar-refractivity contribution < 1.29 is 4.92 Å². The second-order valence-electron chi connectivity index (χ2n) is 2.02. The Balaban J connectivity index is 3.27. The third-order valence-corrected chi connectivity index (χ3v) is 1.93. The van der Waals surface area contributed by atoms with Crippen molar-refractivity contribution in [2.24, 2.45) is 0 Å². The average Bonchev–Trinajstić information content (AvgIpc) is 2.03. The lowest BCUT2D eigenvalue weighted by Gasteiger charge is -2.02. The molecule has 0 aliphatic rings. The first kappa shape index (κ1) is 8.92. The van der Waals surface area contributed by atoms with Crippen LogP contribution in [0, 0.1) is 10.1 Å². The van der Waals surface area contributed by atoms with E-state index in [4.69, 9.17) is 0 Å². The number of hydrogen-bond acceptors (Lipinski definition) is 4. The van der Waals surface area contributed by atoms with Gasteiger partial charge < -0.3 is 5.32 Å². The highest BCUT2D eigenvalue weighted by Crippen LogP contribution is 2.29. The number of halogens is 1. The molecule has 0 spiro atoms. The molecule has 0 aliphatic carbocycles. The fourth-order valence-corrected chi connectivity index (χ4v) is 1.33. The van der Waals surface area contributed by atoms with Crippen LogP contribution < -0.4 is 5.32 Å².